The highest BCUT2D eigenvalue weighted by atomic mass is 16.5. The smallest absolute Gasteiger partial charge is 0.191 e. The molecule has 2 aliphatic heterocycles. The van der Waals surface area contributed by atoms with Gasteiger partial charge in [-0.05, 0) is 38.5 Å². The summed E-state index contributed by atoms with van der Waals surface area (Å²) in [6.07, 6.45) is 7.36. The molecule has 0 amide bonds. The van der Waals surface area contributed by atoms with Gasteiger partial charge in [0, 0.05) is 32.8 Å². The standard InChI is InChI=1S/C14H27N3O2/c15-14(17-8-2-1-3-9-17)16-7-5-10-18-12-13-6-4-11-19-13/h13H,1-12H2,(H2,15,16). The second-order valence-corrected chi connectivity index (χ2v) is 5.35. The molecule has 0 spiro atoms. The minimum Gasteiger partial charge on any atom is -0.379 e. The van der Waals surface area contributed by atoms with Crippen molar-refractivity contribution in [1.82, 2.24) is 4.90 Å². The second kappa shape index (κ2) is 8.38. The molecule has 0 saturated carbocycles. The Morgan fingerprint density at radius 1 is 1.26 bits per heavy atom. The van der Waals surface area contributed by atoms with Crippen LogP contribution in [0.4, 0.5) is 0 Å². The molecule has 2 saturated heterocycles. The first-order valence-corrected chi connectivity index (χ1v) is 7.60. The van der Waals surface area contributed by atoms with Gasteiger partial charge in [-0.2, -0.15) is 0 Å². The zero-order valence-corrected chi connectivity index (χ0v) is 11.9. The Balaban J connectivity index is 1.50. The van der Waals surface area contributed by atoms with Gasteiger partial charge in [-0.15, -0.1) is 0 Å². The van der Waals surface area contributed by atoms with Crippen LogP contribution in [-0.4, -0.2) is 56.4 Å². The number of hydrogen-bond donors (Lipinski definition) is 1. The van der Waals surface area contributed by atoms with Crippen LogP contribution in [-0.2, 0) is 9.47 Å². The average Bonchev–Trinajstić information content (AvgIpc) is 2.96. The molecule has 19 heavy (non-hydrogen) atoms. The minimum atomic E-state index is 0.321. The Morgan fingerprint density at radius 2 is 2.11 bits per heavy atom. The number of ether oxygens (including phenoxy) is 2. The van der Waals surface area contributed by atoms with E-state index in [1.807, 2.05) is 0 Å². The highest BCUT2D eigenvalue weighted by Gasteiger charge is 2.15. The van der Waals surface area contributed by atoms with Crippen LogP contribution < -0.4 is 5.73 Å². The Kier molecular flexibility index (Phi) is 6.44. The number of aliphatic imine (C=N–C) groups is 1. The van der Waals surface area contributed by atoms with Crippen LogP contribution >= 0.6 is 0 Å². The van der Waals surface area contributed by atoms with E-state index in [9.17, 15) is 0 Å². The van der Waals surface area contributed by atoms with E-state index in [0.29, 0.717) is 12.1 Å². The third-order valence-electron chi connectivity index (χ3n) is 3.73. The van der Waals surface area contributed by atoms with Crippen molar-refractivity contribution in [3.63, 3.8) is 0 Å². The van der Waals surface area contributed by atoms with Crippen LogP contribution in [0.2, 0.25) is 0 Å². The molecule has 0 aromatic heterocycles. The first-order valence-electron chi connectivity index (χ1n) is 7.60. The van der Waals surface area contributed by atoms with Crippen molar-refractivity contribution in [3.8, 4) is 0 Å². The number of rotatable bonds is 6. The number of hydrogen-bond acceptors (Lipinski definition) is 3. The summed E-state index contributed by atoms with van der Waals surface area (Å²) in [5.74, 6) is 0.707. The van der Waals surface area contributed by atoms with Gasteiger partial charge >= 0.3 is 0 Å². The summed E-state index contributed by atoms with van der Waals surface area (Å²) in [5, 5.41) is 0. The van der Waals surface area contributed by atoms with Gasteiger partial charge in [0.2, 0.25) is 0 Å². The summed E-state index contributed by atoms with van der Waals surface area (Å²) in [5.41, 5.74) is 5.98. The van der Waals surface area contributed by atoms with Crippen molar-refractivity contribution in [1.29, 1.82) is 0 Å². The molecule has 2 N–H and O–H groups in total. The highest BCUT2D eigenvalue weighted by molar-refractivity contribution is 5.78. The zero-order chi connectivity index (χ0) is 13.3. The third-order valence-corrected chi connectivity index (χ3v) is 3.73. The summed E-state index contributed by atoms with van der Waals surface area (Å²) in [6.45, 7) is 5.25. The lowest BCUT2D eigenvalue weighted by Gasteiger charge is -2.27. The van der Waals surface area contributed by atoms with E-state index < -0.39 is 0 Å². The van der Waals surface area contributed by atoms with Gasteiger partial charge in [0.25, 0.3) is 0 Å². The second-order valence-electron chi connectivity index (χ2n) is 5.35. The molecule has 2 heterocycles. The van der Waals surface area contributed by atoms with E-state index in [2.05, 4.69) is 9.89 Å². The molecule has 2 fully saturated rings. The fraction of sp³-hybridized carbons (Fsp3) is 0.929. The molecule has 0 radical (unpaired) electrons. The van der Waals surface area contributed by atoms with Crippen LogP contribution in [0.1, 0.15) is 38.5 Å². The number of nitrogens with two attached hydrogens (primary N) is 1. The molecule has 0 aromatic rings. The van der Waals surface area contributed by atoms with Gasteiger partial charge in [0.15, 0.2) is 5.96 Å². The van der Waals surface area contributed by atoms with Gasteiger partial charge in [0.05, 0.1) is 12.7 Å². The molecule has 5 nitrogen and oxygen atoms in total. The minimum absolute atomic E-state index is 0.321. The first kappa shape index (κ1) is 14.6. The first-order chi connectivity index (χ1) is 9.36. The maximum Gasteiger partial charge on any atom is 0.191 e. The van der Waals surface area contributed by atoms with Crippen LogP contribution in [0, 0.1) is 0 Å². The molecule has 0 bridgehead atoms. The van der Waals surface area contributed by atoms with Crippen molar-refractivity contribution in [3.05, 3.63) is 0 Å². The van der Waals surface area contributed by atoms with E-state index in [-0.39, 0.29) is 0 Å². The summed E-state index contributed by atoms with van der Waals surface area (Å²) in [6, 6.07) is 0. The largest absolute Gasteiger partial charge is 0.379 e. The van der Waals surface area contributed by atoms with E-state index in [4.69, 9.17) is 15.2 Å². The molecular weight excluding hydrogens is 242 g/mol. The van der Waals surface area contributed by atoms with Gasteiger partial charge in [-0.25, -0.2) is 0 Å². The van der Waals surface area contributed by atoms with Gasteiger partial charge < -0.3 is 20.1 Å². The number of guanidine groups is 1. The molecule has 1 atom stereocenters. The monoisotopic (exact) mass is 269 g/mol. The SMILES string of the molecule is NC(=NCCCOCC1CCCO1)N1CCCCC1. The summed E-state index contributed by atoms with van der Waals surface area (Å²) in [7, 11) is 0. The molecule has 0 aliphatic carbocycles. The fourth-order valence-corrected chi connectivity index (χ4v) is 2.57. The quantitative estimate of drug-likeness (QED) is 0.449. The van der Waals surface area contributed by atoms with Crippen molar-refractivity contribution in [2.45, 2.75) is 44.6 Å². The molecular formula is C14H27N3O2. The molecule has 2 aliphatic rings. The lowest BCUT2D eigenvalue weighted by atomic mass is 10.1. The Hall–Kier alpha value is -0.810. The Morgan fingerprint density at radius 3 is 2.84 bits per heavy atom. The summed E-state index contributed by atoms with van der Waals surface area (Å²) in [4.78, 5) is 6.62. The van der Waals surface area contributed by atoms with Crippen LogP contribution in [0.25, 0.3) is 0 Å². The van der Waals surface area contributed by atoms with E-state index in [0.717, 1.165) is 52.3 Å². The zero-order valence-electron chi connectivity index (χ0n) is 11.9. The lowest BCUT2D eigenvalue weighted by molar-refractivity contribution is 0.0170. The topological polar surface area (TPSA) is 60.1 Å². The maximum atomic E-state index is 5.98. The normalized spacial score (nSPS) is 24.9. The number of nitrogens with zero attached hydrogens (tertiary/aromatic N) is 2. The molecule has 5 heteroatoms. The molecule has 1 unspecified atom stereocenters. The number of likely N-dealkylation sites (tertiary alicyclic amines) is 1. The number of piperidine rings is 1. The van der Waals surface area contributed by atoms with Crippen molar-refractivity contribution < 1.29 is 9.47 Å². The molecule has 2 rings (SSSR count). The van der Waals surface area contributed by atoms with Crippen LogP contribution in [0.3, 0.4) is 0 Å². The van der Waals surface area contributed by atoms with Crippen molar-refractivity contribution in [2.75, 3.05) is 39.5 Å². The molecule has 0 aromatic carbocycles. The lowest BCUT2D eigenvalue weighted by Crippen LogP contribution is -2.40. The predicted molar refractivity (Wildman–Crippen MR) is 76.3 cm³/mol. The average molecular weight is 269 g/mol. The van der Waals surface area contributed by atoms with E-state index in [1.165, 1.54) is 25.7 Å². The fourth-order valence-electron chi connectivity index (χ4n) is 2.57. The van der Waals surface area contributed by atoms with Gasteiger partial charge in [-0.1, -0.05) is 0 Å². The Bertz CT molecular complexity index is 272. The third kappa shape index (κ3) is 5.37. The van der Waals surface area contributed by atoms with Gasteiger partial charge in [-0.3, -0.25) is 4.99 Å². The predicted octanol–water partition coefficient (Wildman–Crippen LogP) is 1.37. The van der Waals surface area contributed by atoms with Crippen molar-refractivity contribution in [2.24, 2.45) is 10.7 Å². The Labute approximate surface area is 116 Å². The summed E-state index contributed by atoms with van der Waals surface area (Å²) >= 11 is 0. The van der Waals surface area contributed by atoms with Crippen LogP contribution in [0.5, 0.6) is 0 Å². The molecule has 110 valence electrons. The van der Waals surface area contributed by atoms with Crippen LogP contribution in [0.15, 0.2) is 4.99 Å². The van der Waals surface area contributed by atoms with Gasteiger partial charge in [0.1, 0.15) is 0 Å². The van der Waals surface area contributed by atoms with E-state index >= 15 is 0 Å². The summed E-state index contributed by atoms with van der Waals surface area (Å²) < 4.78 is 11.1. The van der Waals surface area contributed by atoms with Crippen molar-refractivity contribution >= 4 is 5.96 Å². The van der Waals surface area contributed by atoms with E-state index in [1.54, 1.807) is 0 Å². The maximum absolute atomic E-state index is 5.98. The highest BCUT2D eigenvalue weighted by Crippen LogP contribution is 2.12.